The summed E-state index contributed by atoms with van der Waals surface area (Å²) in [5, 5.41) is 3.06. The standard InChI is InChI=1S/C23H25N3O2/c1-16-8-9-18(17(2)14-16)10-11-21(27)25-22(23-24-12-13-26(23)3)19-6-5-7-20(15-19)28-4/h5-15,22H,1-4H3,(H,25,27)/b11-10+. The zero-order valence-corrected chi connectivity index (χ0v) is 16.6. The van der Waals surface area contributed by atoms with Crippen LogP contribution in [0.15, 0.2) is 60.9 Å². The van der Waals surface area contributed by atoms with Crippen LogP contribution >= 0.6 is 0 Å². The second-order valence-corrected chi connectivity index (χ2v) is 6.81. The molecule has 1 heterocycles. The van der Waals surface area contributed by atoms with Crippen molar-refractivity contribution in [1.82, 2.24) is 14.9 Å². The molecule has 0 aliphatic carbocycles. The smallest absolute Gasteiger partial charge is 0.244 e. The van der Waals surface area contributed by atoms with E-state index in [1.807, 2.05) is 67.2 Å². The maximum Gasteiger partial charge on any atom is 0.244 e. The highest BCUT2D eigenvalue weighted by Gasteiger charge is 2.20. The van der Waals surface area contributed by atoms with Gasteiger partial charge >= 0.3 is 0 Å². The minimum absolute atomic E-state index is 0.184. The average Bonchev–Trinajstić information content (AvgIpc) is 3.11. The van der Waals surface area contributed by atoms with Crippen LogP contribution in [0.2, 0.25) is 0 Å². The lowest BCUT2D eigenvalue weighted by molar-refractivity contribution is -0.117. The van der Waals surface area contributed by atoms with Crippen LogP contribution in [-0.2, 0) is 11.8 Å². The van der Waals surface area contributed by atoms with E-state index < -0.39 is 0 Å². The Kier molecular flexibility index (Phi) is 5.94. The predicted molar refractivity (Wildman–Crippen MR) is 111 cm³/mol. The summed E-state index contributed by atoms with van der Waals surface area (Å²) in [6, 6.07) is 13.4. The fraction of sp³-hybridized carbons (Fsp3) is 0.217. The highest BCUT2D eigenvalue weighted by atomic mass is 16.5. The Hall–Kier alpha value is -3.34. The fourth-order valence-corrected chi connectivity index (χ4v) is 3.14. The number of aromatic nitrogens is 2. The van der Waals surface area contributed by atoms with E-state index in [0.29, 0.717) is 0 Å². The zero-order valence-electron chi connectivity index (χ0n) is 16.6. The van der Waals surface area contributed by atoms with Gasteiger partial charge < -0.3 is 14.6 Å². The third-order valence-electron chi connectivity index (χ3n) is 4.67. The molecule has 1 N–H and O–H groups in total. The maximum absolute atomic E-state index is 12.7. The molecular weight excluding hydrogens is 350 g/mol. The Labute approximate surface area is 165 Å². The van der Waals surface area contributed by atoms with Crippen LogP contribution in [0.3, 0.4) is 0 Å². The molecule has 144 valence electrons. The number of ether oxygens (including phenoxy) is 1. The molecule has 28 heavy (non-hydrogen) atoms. The van der Waals surface area contributed by atoms with Crippen LogP contribution in [0.4, 0.5) is 0 Å². The lowest BCUT2D eigenvalue weighted by Gasteiger charge is -2.19. The number of carbonyl (C=O) groups is 1. The largest absolute Gasteiger partial charge is 0.497 e. The molecule has 1 unspecified atom stereocenters. The fourth-order valence-electron chi connectivity index (χ4n) is 3.14. The molecule has 1 amide bonds. The van der Waals surface area contributed by atoms with E-state index in [2.05, 4.69) is 23.3 Å². The highest BCUT2D eigenvalue weighted by Crippen LogP contribution is 2.24. The summed E-state index contributed by atoms with van der Waals surface area (Å²) in [6.07, 6.45) is 6.99. The number of amides is 1. The van der Waals surface area contributed by atoms with Crippen molar-refractivity contribution in [3.63, 3.8) is 0 Å². The van der Waals surface area contributed by atoms with Crippen molar-refractivity contribution in [3.05, 3.63) is 89.0 Å². The quantitative estimate of drug-likeness (QED) is 0.664. The minimum atomic E-state index is -0.383. The van der Waals surface area contributed by atoms with Crippen LogP contribution in [-0.4, -0.2) is 22.6 Å². The summed E-state index contributed by atoms with van der Waals surface area (Å²) in [7, 11) is 3.53. The van der Waals surface area contributed by atoms with Crippen LogP contribution < -0.4 is 10.1 Å². The van der Waals surface area contributed by atoms with E-state index in [-0.39, 0.29) is 11.9 Å². The predicted octanol–water partition coefficient (Wildman–Crippen LogP) is 3.96. The first-order chi connectivity index (χ1) is 13.5. The number of rotatable bonds is 6. The number of methoxy groups -OCH3 is 1. The summed E-state index contributed by atoms with van der Waals surface area (Å²) in [5.74, 6) is 1.30. The number of hydrogen-bond acceptors (Lipinski definition) is 3. The average molecular weight is 375 g/mol. The molecule has 0 spiro atoms. The third kappa shape index (κ3) is 4.49. The molecule has 0 aliphatic rings. The first-order valence-corrected chi connectivity index (χ1v) is 9.15. The van der Waals surface area contributed by atoms with Gasteiger partial charge in [-0.25, -0.2) is 4.98 Å². The minimum Gasteiger partial charge on any atom is -0.497 e. The van der Waals surface area contributed by atoms with E-state index in [9.17, 15) is 4.79 Å². The van der Waals surface area contributed by atoms with Crippen molar-refractivity contribution in [2.45, 2.75) is 19.9 Å². The van der Waals surface area contributed by atoms with Crippen molar-refractivity contribution in [3.8, 4) is 5.75 Å². The number of benzene rings is 2. The lowest BCUT2D eigenvalue weighted by Crippen LogP contribution is -2.29. The van der Waals surface area contributed by atoms with Crippen molar-refractivity contribution in [2.24, 2.45) is 7.05 Å². The highest BCUT2D eigenvalue weighted by molar-refractivity contribution is 5.92. The van der Waals surface area contributed by atoms with Crippen LogP contribution in [0.25, 0.3) is 6.08 Å². The molecule has 3 aromatic rings. The van der Waals surface area contributed by atoms with Crippen LogP contribution in [0, 0.1) is 13.8 Å². The van der Waals surface area contributed by atoms with Gasteiger partial charge in [0.2, 0.25) is 5.91 Å². The van der Waals surface area contributed by atoms with E-state index >= 15 is 0 Å². The van der Waals surface area contributed by atoms with Crippen LogP contribution in [0.5, 0.6) is 5.75 Å². The SMILES string of the molecule is COc1cccc(C(NC(=O)/C=C/c2ccc(C)cc2C)c2nccn2C)c1. The van der Waals surface area contributed by atoms with E-state index in [0.717, 1.165) is 28.3 Å². The summed E-state index contributed by atoms with van der Waals surface area (Å²) >= 11 is 0. The van der Waals surface area contributed by atoms with Gasteiger partial charge in [-0.3, -0.25) is 4.79 Å². The van der Waals surface area contributed by atoms with Gasteiger partial charge in [0.05, 0.1) is 7.11 Å². The number of imidazole rings is 1. The molecule has 1 atom stereocenters. The molecule has 5 nitrogen and oxygen atoms in total. The number of aryl methyl sites for hydroxylation is 3. The Balaban J connectivity index is 1.86. The van der Waals surface area contributed by atoms with E-state index in [1.165, 1.54) is 5.56 Å². The molecule has 0 saturated heterocycles. The number of carbonyl (C=O) groups excluding carboxylic acids is 1. The van der Waals surface area contributed by atoms with Gasteiger partial charge in [-0.05, 0) is 48.7 Å². The van der Waals surface area contributed by atoms with Gasteiger partial charge in [0.1, 0.15) is 17.6 Å². The van der Waals surface area contributed by atoms with Crippen molar-refractivity contribution < 1.29 is 9.53 Å². The monoisotopic (exact) mass is 375 g/mol. The first-order valence-electron chi connectivity index (χ1n) is 9.15. The van der Waals surface area contributed by atoms with E-state index in [1.54, 1.807) is 19.4 Å². The maximum atomic E-state index is 12.7. The lowest BCUT2D eigenvalue weighted by atomic mass is 10.0. The van der Waals surface area contributed by atoms with Crippen molar-refractivity contribution in [2.75, 3.05) is 7.11 Å². The Morgan fingerprint density at radius 1 is 1.21 bits per heavy atom. The summed E-state index contributed by atoms with van der Waals surface area (Å²) < 4.78 is 7.23. The topological polar surface area (TPSA) is 56.1 Å². The Morgan fingerprint density at radius 3 is 2.71 bits per heavy atom. The zero-order chi connectivity index (χ0) is 20.1. The second kappa shape index (κ2) is 8.57. The van der Waals surface area contributed by atoms with Gasteiger partial charge in [-0.1, -0.05) is 35.9 Å². The normalized spacial score (nSPS) is 12.1. The van der Waals surface area contributed by atoms with Gasteiger partial charge in [0.25, 0.3) is 0 Å². The molecule has 0 bridgehead atoms. The van der Waals surface area contributed by atoms with Crippen LogP contribution in [0.1, 0.15) is 34.1 Å². The van der Waals surface area contributed by atoms with Gasteiger partial charge in [0, 0.05) is 25.5 Å². The molecule has 5 heteroatoms. The van der Waals surface area contributed by atoms with Gasteiger partial charge in [0.15, 0.2) is 0 Å². The second-order valence-electron chi connectivity index (χ2n) is 6.81. The molecular formula is C23H25N3O2. The van der Waals surface area contributed by atoms with E-state index in [4.69, 9.17) is 4.74 Å². The molecule has 1 aromatic heterocycles. The molecule has 0 aliphatic heterocycles. The molecule has 0 fully saturated rings. The summed E-state index contributed by atoms with van der Waals surface area (Å²) in [6.45, 7) is 4.09. The Morgan fingerprint density at radius 2 is 2.04 bits per heavy atom. The number of nitrogens with zero attached hydrogens (tertiary/aromatic N) is 2. The third-order valence-corrected chi connectivity index (χ3v) is 4.67. The number of nitrogens with one attached hydrogen (secondary N) is 1. The van der Waals surface area contributed by atoms with Crippen molar-refractivity contribution in [1.29, 1.82) is 0 Å². The van der Waals surface area contributed by atoms with Gasteiger partial charge in [-0.15, -0.1) is 0 Å². The summed E-state index contributed by atoms with van der Waals surface area (Å²) in [4.78, 5) is 17.1. The Bertz CT molecular complexity index is 1000. The van der Waals surface area contributed by atoms with Gasteiger partial charge in [-0.2, -0.15) is 0 Å². The molecule has 0 radical (unpaired) electrons. The molecule has 0 saturated carbocycles. The molecule has 3 rings (SSSR count). The molecule has 2 aromatic carbocycles. The first kappa shape index (κ1) is 19.4. The number of hydrogen-bond donors (Lipinski definition) is 1. The summed E-state index contributed by atoms with van der Waals surface area (Å²) in [5.41, 5.74) is 4.27. The van der Waals surface area contributed by atoms with Crippen molar-refractivity contribution >= 4 is 12.0 Å².